The topological polar surface area (TPSA) is 73.2 Å². The van der Waals surface area contributed by atoms with E-state index in [1.165, 1.54) is 0 Å². The fourth-order valence-electron chi connectivity index (χ4n) is 2.80. The Kier molecular flexibility index (Phi) is 5.22. The van der Waals surface area contributed by atoms with Crippen molar-refractivity contribution in [2.45, 2.75) is 38.6 Å². The standard InChI is InChI=1S/C16H23N3O2S/c1-12(2)19-9-13(3)16(10-19)18-22(20,21)11-15-6-4-5-14(7-15)8-17/h4-7,12-13,16,18H,9-11H2,1-3H3/t13-,16-/m0/s1. The minimum absolute atomic E-state index is 0.0495. The molecule has 0 amide bonds. The molecule has 1 heterocycles. The first-order chi connectivity index (χ1) is 10.3. The molecular weight excluding hydrogens is 298 g/mol. The van der Waals surface area contributed by atoms with Crippen LogP contribution in [0.25, 0.3) is 0 Å². The Hall–Kier alpha value is -1.42. The van der Waals surface area contributed by atoms with Gasteiger partial charge in [0.25, 0.3) is 0 Å². The van der Waals surface area contributed by atoms with Crippen LogP contribution < -0.4 is 4.72 Å². The van der Waals surface area contributed by atoms with Crippen molar-refractivity contribution in [2.24, 2.45) is 5.92 Å². The van der Waals surface area contributed by atoms with E-state index in [4.69, 9.17) is 5.26 Å². The molecule has 1 fully saturated rings. The molecule has 1 N–H and O–H groups in total. The van der Waals surface area contributed by atoms with Crippen molar-refractivity contribution in [3.05, 3.63) is 35.4 Å². The average molecular weight is 321 g/mol. The van der Waals surface area contributed by atoms with E-state index in [2.05, 4.69) is 30.4 Å². The number of hydrogen-bond acceptors (Lipinski definition) is 4. The molecule has 1 aliphatic heterocycles. The van der Waals surface area contributed by atoms with Crippen molar-refractivity contribution < 1.29 is 8.42 Å². The van der Waals surface area contributed by atoms with Crippen LogP contribution >= 0.6 is 0 Å². The van der Waals surface area contributed by atoms with Crippen LogP contribution in [0.4, 0.5) is 0 Å². The molecule has 120 valence electrons. The molecule has 1 aromatic carbocycles. The number of rotatable bonds is 5. The van der Waals surface area contributed by atoms with Crippen LogP contribution in [-0.2, 0) is 15.8 Å². The van der Waals surface area contributed by atoms with Crippen LogP contribution in [0.1, 0.15) is 31.9 Å². The minimum Gasteiger partial charge on any atom is -0.299 e. The summed E-state index contributed by atoms with van der Waals surface area (Å²) in [6, 6.07) is 9.14. The molecule has 1 aromatic rings. The number of nitrogens with zero attached hydrogens (tertiary/aromatic N) is 2. The maximum atomic E-state index is 12.4. The van der Waals surface area contributed by atoms with Gasteiger partial charge in [-0.15, -0.1) is 0 Å². The largest absolute Gasteiger partial charge is 0.299 e. The molecule has 0 radical (unpaired) electrons. The first-order valence-electron chi connectivity index (χ1n) is 7.54. The van der Waals surface area contributed by atoms with Gasteiger partial charge in [0.2, 0.25) is 10.0 Å². The smallest absolute Gasteiger partial charge is 0.216 e. The minimum atomic E-state index is -3.41. The Balaban J connectivity index is 2.04. The highest BCUT2D eigenvalue weighted by atomic mass is 32.2. The highest BCUT2D eigenvalue weighted by Gasteiger charge is 2.33. The van der Waals surface area contributed by atoms with Gasteiger partial charge in [0, 0.05) is 25.2 Å². The van der Waals surface area contributed by atoms with E-state index in [-0.39, 0.29) is 11.8 Å². The zero-order valence-electron chi connectivity index (χ0n) is 13.3. The lowest BCUT2D eigenvalue weighted by molar-refractivity contribution is 0.265. The van der Waals surface area contributed by atoms with Gasteiger partial charge in [-0.05, 0) is 37.5 Å². The summed E-state index contributed by atoms with van der Waals surface area (Å²) in [6.45, 7) is 7.98. The molecule has 0 spiro atoms. The predicted molar refractivity (Wildman–Crippen MR) is 86.6 cm³/mol. The molecule has 2 rings (SSSR count). The summed E-state index contributed by atoms with van der Waals surface area (Å²) in [5.74, 6) is 0.204. The maximum absolute atomic E-state index is 12.4. The Morgan fingerprint density at radius 2 is 2.14 bits per heavy atom. The lowest BCUT2D eigenvalue weighted by atomic mass is 10.1. The molecule has 6 heteroatoms. The third-order valence-electron chi connectivity index (χ3n) is 4.11. The van der Waals surface area contributed by atoms with Gasteiger partial charge in [0.1, 0.15) is 0 Å². The molecular formula is C16H23N3O2S. The summed E-state index contributed by atoms with van der Waals surface area (Å²) >= 11 is 0. The highest BCUT2D eigenvalue weighted by molar-refractivity contribution is 7.88. The van der Waals surface area contributed by atoms with Crippen LogP contribution in [0, 0.1) is 17.2 Å². The SMILES string of the molecule is CC(C)N1C[C@H](NS(=O)(=O)Cc2cccc(C#N)c2)[C@@H](C)C1. The second kappa shape index (κ2) is 6.78. The summed E-state index contributed by atoms with van der Waals surface area (Å²) in [4.78, 5) is 2.29. The highest BCUT2D eigenvalue weighted by Crippen LogP contribution is 2.20. The van der Waals surface area contributed by atoms with Crippen LogP contribution in [-0.4, -0.2) is 38.5 Å². The van der Waals surface area contributed by atoms with Crippen LogP contribution in [0.15, 0.2) is 24.3 Å². The van der Waals surface area contributed by atoms with Gasteiger partial charge in [-0.25, -0.2) is 13.1 Å². The van der Waals surface area contributed by atoms with Crippen LogP contribution in [0.5, 0.6) is 0 Å². The van der Waals surface area contributed by atoms with Gasteiger partial charge in [0.05, 0.1) is 17.4 Å². The lowest BCUT2D eigenvalue weighted by Gasteiger charge is -2.20. The summed E-state index contributed by atoms with van der Waals surface area (Å²) < 4.78 is 27.6. The van der Waals surface area contributed by atoms with Gasteiger partial charge in [-0.2, -0.15) is 5.26 Å². The Labute approximate surface area is 133 Å². The van der Waals surface area contributed by atoms with E-state index >= 15 is 0 Å². The van der Waals surface area contributed by atoms with E-state index in [1.54, 1.807) is 24.3 Å². The van der Waals surface area contributed by atoms with E-state index in [1.807, 2.05) is 6.07 Å². The predicted octanol–water partition coefficient (Wildman–Crippen LogP) is 1.71. The monoisotopic (exact) mass is 321 g/mol. The van der Waals surface area contributed by atoms with Crippen molar-refractivity contribution in [2.75, 3.05) is 13.1 Å². The lowest BCUT2D eigenvalue weighted by Crippen LogP contribution is -2.41. The van der Waals surface area contributed by atoms with Crippen molar-refractivity contribution in [3.63, 3.8) is 0 Å². The quantitative estimate of drug-likeness (QED) is 0.896. The second-order valence-corrected chi connectivity index (χ2v) is 8.07. The van der Waals surface area contributed by atoms with Gasteiger partial charge in [-0.1, -0.05) is 19.1 Å². The van der Waals surface area contributed by atoms with Gasteiger partial charge in [0.15, 0.2) is 0 Å². The van der Waals surface area contributed by atoms with E-state index < -0.39 is 10.0 Å². The molecule has 0 saturated carbocycles. The number of nitrogens with one attached hydrogen (secondary N) is 1. The Morgan fingerprint density at radius 3 is 2.73 bits per heavy atom. The normalized spacial score (nSPS) is 22.9. The first-order valence-corrected chi connectivity index (χ1v) is 9.19. The van der Waals surface area contributed by atoms with E-state index in [9.17, 15) is 8.42 Å². The first kappa shape index (κ1) is 16.9. The zero-order chi connectivity index (χ0) is 16.3. The number of nitriles is 1. The zero-order valence-corrected chi connectivity index (χ0v) is 14.1. The number of benzene rings is 1. The average Bonchev–Trinajstić information content (AvgIpc) is 2.79. The van der Waals surface area contributed by atoms with Crippen molar-refractivity contribution in [1.82, 2.24) is 9.62 Å². The second-order valence-electron chi connectivity index (χ2n) is 6.32. The summed E-state index contributed by atoms with van der Waals surface area (Å²) in [6.07, 6.45) is 0. The molecule has 1 saturated heterocycles. The van der Waals surface area contributed by atoms with Gasteiger partial charge in [-0.3, -0.25) is 4.90 Å². The number of sulfonamides is 1. The fourth-order valence-corrected chi connectivity index (χ4v) is 4.27. The summed E-state index contributed by atoms with van der Waals surface area (Å²) in [5, 5.41) is 8.89. The maximum Gasteiger partial charge on any atom is 0.216 e. The molecule has 1 aliphatic rings. The van der Waals surface area contributed by atoms with Crippen LogP contribution in [0.2, 0.25) is 0 Å². The van der Waals surface area contributed by atoms with Crippen LogP contribution in [0.3, 0.4) is 0 Å². The number of hydrogen-bond donors (Lipinski definition) is 1. The van der Waals surface area contributed by atoms with Crippen molar-refractivity contribution >= 4 is 10.0 Å². The molecule has 0 unspecified atom stereocenters. The summed E-state index contributed by atoms with van der Waals surface area (Å²) in [7, 11) is -3.41. The molecule has 22 heavy (non-hydrogen) atoms. The molecule has 0 bridgehead atoms. The fraction of sp³-hybridized carbons (Fsp3) is 0.562. The summed E-state index contributed by atoms with van der Waals surface area (Å²) in [5.41, 5.74) is 1.12. The Morgan fingerprint density at radius 1 is 1.41 bits per heavy atom. The van der Waals surface area contributed by atoms with E-state index in [0.29, 0.717) is 23.1 Å². The third kappa shape index (κ3) is 4.29. The molecule has 5 nitrogen and oxygen atoms in total. The molecule has 0 aromatic heterocycles. The van der Waals surface area contributed by atoms with Crippen molar-refractivity contribution in [3.8, 4) is 6.07 Å². The molecule has 2 atom stereocenters. The third-order valence-corrected chi connectivity index (χ3v) is 5.49. The van der Waals surface area contributed by atoms with Gasteiger partial charge < -0.3 is 0 Å². The van der Waals surface area contributed by atoms with Gasteiger partial charge >= 0.3 is 0 Å². The van der Waals surface area contributed by atoms with E-state index in [0.717, 1.165) is 13.1 Å². The van der Waals surface area contributed by atoms with Crippen molar-refractivity contribution in [1.29, 1.82) is 5.26 Å². The number of likely N-dealkylation sites (tertiary alicyclic amines) is 1. The molecule has 0 aliphatic carbocycles. The Bertz CT molecular complexity index is 664.